The SMILES string of the molecule is CCCCCNC(=O)CCOCCOCCOCCNCCC. The van der Waals surface area contributed by atoms with Crippen LogP contribution < -0.4 is 10.6 Å². The van der Waals surface area contributed by atoms with E-state index in [1.165, 1.54) is 6.42 Å². The smallest absolute Gasteiger partial charge is 0.222 e. The largest absolute Gasteiger partial charge is 0.379 e. The summed E-state index contributed by atoms with van der Waals surface area (Å²) in [5.41, 5.74) is 0. The van der Waals surface area contributed by atoms with Crippen LogP contribution in [0.25, 0.3) is 0 Å². The Morgan fingerprint density at radius 3 is 2.04 bits per heavy atom. The van der Waals surface area contributed by atoms with Crippen molar-refractivity contribution in [2.45, 2.75) is 46.0 Å². The molecule has 0 fully saturated rings. The Morgan fingerprint density at radius 1 is 0.739 bits per heavy atom. The molecule has 2 N–H and O–H groups in total. The van der Waals surface area contributed by atoms with E-state index in [1.807, 2.05) is 0 Å². The molecule has 0 aliphatic heterocycles. The number of carbonyl (C=O) groups is 1. The van der Waals surface area contributed by atoms with E-state index in [0.717, 1.165) is 38.9 Å². The molecule has 0 unspecified atom stereocenters. The standard InChI is InChI=1S/C17H36N2O4/c1-3-5-6-9-19-17(20)7-11-21-13-15-23-16-14-22-12-10-18-8-4-2/h18H,3-16H2,1-2H3,(H,19,20). The van der Waals surface area contributed by atoms with E-state index in [0.29, 0.717) is 46.1 Å². The summed E-state index contributed by atoms with van der Waals surface area (Å²) in [4.78, 5) is 11.5. The Hall–Kier alpha value is -0.690. The van der Waals surface area contributed by atoms with Crippen molar-refractivity contribution < 1.29 is 19.0 Å². The van der Waals surface area contributed by atoms with Crippen molar-refractivity contribution >= 4 is 5.91 Å². The van der Waals surface area contributed by atoms with Crippen molar-refractivity contribution in [2.75, 3.05) is 59.3 Å². The van der Waals surface area contributed by atoms with E-state index in [4.69, 9.17) is 14.2 Å². The van der Waals surface area contributed by atoms with E-state index in [-0.39, 0.29) is 5.91 Å². The minimum Gasteiger partial charge on any atom is -0.379 e. The van der Waals surface area contributed by atoms with Crippen LogP contribution >= 0.6 is 0 Å². The third-order valence-electron chi connectivity index (χ3n) is 3.17. The maximum absolute atomic E-state index is 11.5. The van der Waals surface area contributed by atoms with Crippen LogP contribution in [0.5, 0.6) is 0 Å². The first kappa shape index (κ1) is 22.3. The van der Waals surface area contributed by atoms with E-state index in [2.05, 4.69) is 24.5 Å². The van der Waals surface area contributed by atoms with Gasteiger partial charge in [0.1, 0.15) is 0 Å². The predicted molar refractivity (Wildman–Crippen MR) is 92.8 cm³/mol. The number of carbonyl (C=O) groups excluding carboxylic acids is 1. The lowest BCUT2D eigenvalue weighted by Crippen LogP contribution is -2.25. The maximum atomic E-state index is 11.5. The van der Waals surface area contributed by atoms with E-state index in [1.54, 1.807) is 0 Å². The fourth-order valence-electron chi connectivity index (χ4n) is 1.84. The van der Waals surface area contributed by atoms with Crippen LogP contribution in [-0.2, 0) is 19.0 Å². The summed E-state index contributed by atoms with van der Waals surface area (Å²) in [6, 6.07) is 0. The molecule has 0 aromatic carbocycles. The average molecular weight is 332 g/mol. The first-order chi connectivity index (χ1) is 11.3. The van der Waals surface area contributed by atoms with Gasteiger partial charge in [-0.05, 0) is 19.4 Å². The van der Waals surface area contributed by atoms with Gasteiger partial charge in [-0.15, -0.1) is 0 Å². The van der Waals surface area contributed by atoms with Gasteiger partial charge in [0.15, 0.2) is 0 Å². The van der Waals surface area contributed by atoms with Crippen molar-refractivity contribution in [3.63, 3.8) is 0 Å². The van der Waals surface area contributed by atoms with E-state index < -0.39 is 0 Å². The van der Waals surface area contributed by atoms with Gasteiger partial charge in [0.2, 0.25) is 5.91 Å². The molecule has 0 radical (unpaired) electrons. The van der Waals surface area contributed by atoms with Crippen LogP contribution in [0, 0.1) is 0 Å². The van der Waals surface area contributed by atoms with E-state index in [9.17, 15) is 4.79 Å². The van der Waals surface area contributed by atoms with Gasteiger partial charge in [-0.25, -0.2) is 0 Å². The minimum atomic E-state index is 0.0621. The number of amides is 1. The second-order valence-electron chi connectivity index (χ2n) is 5.39. The molecular weight excluding hydrogens is 296 g/mol. The number of nitrogens with one attached hydrogen (secondary N) is 2. The molecule has 0 aromatic rings. The zero-order valence-corrected chi connectivity index (χ0v) is 15.0. The van der Waals surface area contributed by atoms with Gasteiger partial charge in [-0.1, -0.05) is 26.7 Å². The van der Waals surface area contributed by atoms with Gasteiger partial charge in [0, 0.05) is 19.5 Å². The molecule has 0 aromatic heterocycles. The lowest BCUT2D eigenvalue weighted by atomic mass is 10.2. The molecule has 0 rings (SSSR count). The molecule has 138 valence electrons. The Labute approximate surface area is 141 Å². The zero-order valence-electron chi connectivity index (χ0n) is 15.0. The van der Waals surface area contributed by atoms with Crippen LogP contribution in [-0.4, -0.2) is 65.2 Å². The highest BCUT2D eigenvalue weighted by molar-refractivity contribution is 5.75. The second kappa shape index (κ2) is 19.4. The summed E-state index contributed by atoms with van der Waals surface area (Å²) in [7, 11) is 0. The first-order valence-electron chi connectivity index (χ1n) is 9.01. The molecule has 0 spiro atoms. The Kier molecular flexibility index (Phi) is 18.8. The normalized spacial score (nSPS) is 10.9. The molecule has 0 atom stereocenters. The molecule has 23 heavy (non-hydrogen) atoms. The highest BCUT2D eigenvalue weighted by atomic mass is 16.5. The van der Waals surface area contributed by atoms with Crippen LogP contribution in [0.4, 0.5) is 0 Å². The summed E-state index contributed by atoms with van der Waals surface area (Å²) in [5.74, 6) is 0.0621. The molecule has 0 heterocycles. The fraction of sp³-hybridized carbons (Fsp3) is 0.941. The Morgan fingerprint density at radius 2 is 1.39 bits per heavy atom. The summed E-state index contributed by atoms with van der Waals surface area (Å²) in [6.45, 7) is 10.4. The minimum absolute atomic E-state index is 0.0621. The van der Waals surface area contributed by atoms with Crippen molar-refractivity contribution in [3.8, 4) is 0 Å². The predicted octanol–water partition coefficient (Wildman–Crippen LogP) is 1.73. The fourth-order valence-corrected chi connectivity index (χ4v) is 1.84. The van der Waals surface area contributed by atoms with Crippen molar-refractivity contribution in [1.82, 2.24) is 10.6 Å². The molecule has 6 nitrogen and oxygen atoms in total. The summed E-state index contributed by atoms with van der Waals surface area (Å²) in [5, 5.41) is 6.16. The molecule has 0 saturated carbocycles. The molecule has 6 heteroatoms. The maximum Gasteiger partial charge on any atom is 0.222 e. The van der Waals surface area contributed by atoms with Crippen molar-refractivity contribution in [1.29, 1.82) is 0 Å². The van der Waals surface area contributed by atoms with Crippen LogP contribution in [0.15, 0.2) is 0 Å². The number of hydrogen-bond donors (Lipinski definition) is 2. The van der Waals surface area contributed by atoms with Gasteiger partial charge < -0.3 is 24.8 Å². The van der Waals surface area contributed by atoms with Gasteiger partial charge in [-0.3, -0.25) is 4.79 Å². The summed E-state index contributed by atoms with van der Waals surface area (Å²) in [6.07, 6.45) is 4.93. The van der Waals surface area contributed by atoms with Crippen molar-refractivity contribution in [2.24, 2.45) is 0 Å². The summed E-state index contributed by atoms with van der Waals surface area (Å²) < 4.78 is 16.2. The third kappa shape index (κ3) is 19.3. The topological polar surface area (TPSA) is 68.8 Å². The quantitative estimate of drug-likeness (QED) is 0.374. The molecule has 0 bridgehead atoms. The lowest BCUT2D eigenvalue weighted by molar-refractivity contribution is -0.122. The monoisotopic (exact) mass is 332 g/mol. The number of hydrogen-bond acceptors (Lipinski definition) is 5. The number of rotatable bonds is 18. The van der Waals surface area contributed by atoms with Crippen LogP contribution in [0.1, 0.15) is 46.0 Å². The van der Waals surface area contributed by atoms with Gasteiger partial charge >= 0.3 is 0 Å². The molecule has 0 aliphatic rings. The second-order valence-corrected chi connectivity index (χ2v) is 5.39. The number of unbranched alkanes of at least 4 members (excludes halogenated alkanes) is 2. The zero-order chi connectivity index (χ0) is 17.0. The molecule has 0 aliphatic carbocycles. The third-order valence-corrected chi connectivity index (χ3v) is 3.17. The van der Waals surface area contributed by atoms with Gasteiger partial charge in [-0.2, -0.15) is 0 Å². The highest BCUT2D eigenvalue weighted by Gasteiger charge is 2.00. The van der Waals surface area contributed by atoms with Crippen LogP contribution in [0.2, 0.25) is 0 Å². The lowest BCUT2D eigenvalue weighted by Gasteiger charge is -2.08. The molecular formula is C17H36N2O4. The Bertz CT molecular complexity index is 253. The van der Waals surface area contributed by atoms with Gasteiger partial charge in [0.05, 0.1) is 39.6 Å². The number of ether oxygens (including phenoxy) is 3. The first-order valence-corrected chi connectivity index (χ1v) is 9.01. The van der Waals surface area contributed by atoms with Gasteiger partial charge in [0.25, 0.3) is 0 Å². The van der Waals surface area contributed by atoms with Crippen LogP contribution in [0.3, 0.4) is 0 Å². The summed E-state index contributed by atoms with van der Waals surface area (Å²) >= 11 is 0. The molecule has 0 saturated heterocycles. The highest BCUT2D eigenvalue weighted by Crippen LogP contribution is 1.92. The Balaban J connectivity index is 3.08. The van der Waals surface area contributed by atoms with Crippen molar-refractivity contribution in [3.05, 3.63) is 0 Å². The average Bonchev–Trinajstić information content (AvgIpc) is 2.56. The molecule has 1 amide bonds. The van der Waals surface area contributed by atoms with E-state index >= 15 is 0 Å².